The van der Waals surface area contributed by atoms with Crippen molar-refractivity contribution in [3.63, 3.8) is 0 Å². The van der Waals surface area contributed by atoms with Gasteiger partial charge in [0.25, 0.3) is 0 Å². The third-order valence-electron chi connectivity index (χ3n) is 4.39. The predicted octanol–water partition coefficient (Wildman–Crippen LogP) is 4.83. The van der Waals surface area contributed by atoms with Gasteiger partial charge in [-0.3, -0.25) is 10.3 Å². The molecule has 8 nitrogen and oxygen atoms in total. The van der Waals surface area contributed by atoms with Crippen molar-refractivity contribution in [1.82, 2.24) is 19.9 Å². The molecule has 0 radical (unpaired) electrons. The van der Waals surface area contributed by atoms with E-state index >= 15 is 0 Å². The van der Waals surface area contributed by atoms with Crippen LogP contribution in [0.1, 0.15) is 11.3 Å². The molecule has 3 N–H and O–H groups in total. The van der Waals surface area contributed by atoms with E-state index in [1.54, 1.807) is 12.1 Å². The zero-order chi connectivity index (χ0) is 23.4. The Kier molecular flexibility index (Phi) is 5.98. The van der Waals surface area contributed by atoms with Crippen molar-refractivity contribution in [3.05, 3.63) is 78.0 Å². The maximum Gasteiger partial charge on any atom is 0.433 e. The van der Waals surface area contributed by atoms with Gasteiger partial charge in [0, 0.05) is 30.2 Å². The number of alkyl halides is 3. The molecule has 12 heteroatoms. The first-order valence-corrected chi connectivity index (χ1v) is 9.51. The van der Waals surface area contributed by atoms with E-state index in [1.807, 2.05) is 0 Å². The monoisotopic (exact) mass is 457 g/mol. The average Bonchev–Trinajstić information content (AvgIpc) is 2.77. The molecule has 0 aliphatic heterocycles. The van der Waals surface area contributed by atoms with E-state index in [9.17, 15) is 22.4 Å². The third-order valence-corrected chi connectivity index (χ3v) is 4.39. The van der Waals surface area contributed by atoms with Crippen LogP contribution in [0.2, 0.25) is 0 Å². The highest BCUT2D eigenvalue weighted by molar-refractivity contribution is 5.99. The van der Waals surface area contributed by atoms with Crippen LogP contribution < -0.4 is 16.0 Å². The molecule has 33 heavy (non-hydrogen) atoms. The molecule has 0 bridgehead atoms. The van der Waals surface area contributed by atoms with Crippen LogP contribution >= 0.6 is 0 Å². The summed E-state index contributed by atoms with van der Waals surface area (Å²) in [6.07, 6.45) is -2.08. The van der Waals surface area contributed by atoms with Crippen LogP contribution in [0, 0.1) is 5.82 Å². The summed E-state index contributed by atoms with van der Waals surface area (Å²) in [5, 5.41) is 8.12. The van der Waals surface area contributed by atoms with E-state index in [-0.39, 0.29) is 35.2 Å². The quantitative estimate of drug-likeness (QED) is 0.371. The van der Waals surface area contributed by atoms with Gasteiger partial charge >= 0.3 is 12.2 Å². The lowest BCUT2D eigenvalue weighted by Gasteiger charge is -2.14. The number of carbonyl (C=O) groups excluding carboxylic acids is 1. The van der Waals surface area contributed by atoms with Crippen LogP contribution in [0.4, 0.5) is 39.8 Å². The van der Waals surface area contributed by atoms with E-state index in [1.165, 1.54) is 36.5 Å². The number of halogens is 4. The van der Waals surface area contributed by atoms with Crippen molar-refractivity contribution in [2.75, 3.05) is 16.0 Å². The molecule has 0 aliphatic carbocycles. The fourth-order valence-corrected chi connectivity index (χ4v) is 3.00. The Labute approximate surface area is 184 Å². The molecule has 3 heterocycles. The first-order valence-electron chi connectivity index (χ1n) is 9.51. The van der Waals surface area contributed by atoms with Crippen molar-refractivity contribution in [2.24, 2.45) is 0 Å². The number of nitrogens with one attached hydrogen (secondary N) is 3. The Morgan fingerprint density at radius 3 is 2.52 bits per heavy atom. The van der Waals surface area contributed by atoms with Crippen molar-refractivity contribution in [3.8, 4) is 0 Å². The molecule has 2 amide bonds. The molecule has 0 unspecified atom stereocenters. The van der Waals surface area contributed by atoms with Gasteiger partial charge < -0.3 is 10.6 Å². The molecule has 0 aliphatic rings. The van der Waals surface area contributed by atoms with Crippen LogP contribution in [0.25, 0.3) is 11.0 Å². The number of benzene rings is 1. The molecule has 3 aromatic heterocycles. The van der Waals surface area contributed by atoms with E-state index < -0.39 is 23.7 Å². The number of rotatable bonds is 5. The van der Waals surface area contributed by atoms with Crippen LogP contribution in [0.5, 0.6) is 0 Å². The van der Waals surface area contributed by atoms with Gasteiger partial charge in [-0.05, 0) is 36.4 Å². The molecule has 0 spiro atoms. The van der Waals surface area contributed by atoms with Gasteiger partial charge in [0.1, 0.15) is 17.3 Å². The normalized spacial score (nSPS) is 11.3. The molecule has 0 fully saturated rings. The second kappa shape index (κ2) is 9.02. The second-order valence-electron chi connectivity index (χ2n) is 6.72. The standard InChI is InChI=1S/C21H15F4N7O/c22-13-5-1-6-14(10-13)29-20(33)32-19-30-17-15(7-3-9-27-17)18(31-19)28-11-12-4-2-8-26-16(12)21(23,24)25/h1-10H,11H2,(H3,27,28,29,30,31,32,33). The molecule has 4 rings (SSSR count). The number of hydrogen-bond acceptors (Lipinski definition) is 6. The lowest BCUT2D eigenvalue weighted by atomic mass is 10.2. The molecule has 1 aromatic carbocycles. The van der Waals surface area contributed by atoms with Crippen LogP contribution in [-0.4, -0.2) is 26.0 Å². The molecular weight excluding hydrogens is 442 g/mol. The molecule has 0 saturated heterocycles. The van der Waals surface area contributed by atoms with E-state index in [0.29, 0.717) is 5.39 Å². The van der Waals surface area contributed by atoms with Gasteiger partial charge in [0.05, 0.1) is 5.39 Å². The lowest BCUT2D eigenvalue weighted by Crippen LogP contribution is -2.21. The van der Waals surface area contributed by atoms with Gasteiger partial charge in [-0.15, -0.1) is 0 Å². The SMILES string of the molecule is O=C(Nc1cccc(F)c1)Nc1nc(NCc2cccnc2C(F)(F)F)c2cccnc2n1. The maximum absolute atomic E-state index is 13.3. The van der Waals surface area contributed by atoms with Crippen LogP contribution in [0.3, 0.4) is 0 Å². The highest BCUT2D eigenvalue weighted by atomic mass is 19.4. The molecule has 0 atom stereocenters. The van der Waals surface area contributed by atoms with Crippen molar-refractivity contribution >= 4 is 34.5 Å². The number of urea groups is 1. The Morgan fingerprint density at radius 1 is 0.939 bits per heavy atom. The maximum atomic E-state index is 13.3. The lowest BCUT2D eigenvalue weighted by molar-refractivity contribution is -0.141. The number of pyridine rings is 2. The summed E-state index contributed by atoms with van der Waals surface area (Å²) >= 11 is 0. The highest BCUT2D eigenvalue weighted by Crippen LogP contribution is 2.30. The first kappa shape index (κ1) is 21.9. The summed E-state index contributed by atoms with van der Waals surface area (Å²) < 4.78 is 53.0. The Balaban J connectivity index is 1.58. The topological polar surface area (TPSA) is 105 Å². The Morgan fingerprint density at radius 2 is 1.73 bits per heavy atom. The third kappa shape index (κ3) is 5.29. The number of aromatic nitrogens is 4. The first-order chi connectivity index (χ1) is 15.8. The minimum absolute atomic E-state index is 0.0843. The largest absolute Gasteiger partial charge is 0.433 e. The van der Waals surface area contributed by atoms with Gasteiger partial charge in [-0.1, -0.05) is 12.1 Å². The summed E-state index contributed by atoms with van der Waals surface area (Å²) in [6.45, 7) is -0.237. The minimum Gasteiger partial charge on any atom is -0.365 e. The van der Waals surface area contributed by atoms with Gasteiger partial charge in [0.2, 0.25) is 5.95 Å². The van der Waals surface area contributed by atoms with E-state index in [2.05, 4.69) is 35.9 Å². The summed E-state index contributed by atoms with van der Waals surface area (Å²) in [7, 11) is 0. The van der Waals surface area contributed by atoms with Crippen molar-refractivity contribution in [1.29, 1.82) is 0 Å². The van der Waals surface area contributed by atoms with E-state index in [4.69, 9.17) is 0 Å². The highest BCUT2D eigenvalue weighted by Gasteiger charge is 2.34. The fraction of sp³-hybridized carbons (Fsp3) is 0.0952. The summed E-state index contributed by atoms with van der Waals surface area (Å²) in [5.41, 5.74) is -0.680. The summed E-state index contributed by atoms with van der Waals surface area (Å²) in [5.74, 6) is -0.523. The molecular formula is C21H15F4N7O. The average molecular weight is 457 g/mol. The fourth-order valence-electron chi connectivity index (χ4n) is 3.00. The Hall–Kier alpha value is -4.35. The van der Waals surface area contributed by atoms with E-state index in [0.717, 1.165) is 12.3 Å². The number of nitrogens with zero attached hydrogens (tertiary/aromatic N) is 4. The number of amides is 2. The van der Waals surface area contributed by atoms with Crippen molar-refractivity contribution < 1.29 is 22.4 Å². The smallest absolute Gasteiger partial charge is 0.365 e. The van der Waals surface area contributed by atoms with Crippen LogP contribution in [0.15, 0.2) is 60.9 Å². The van der Waals surface area contributed by atoms with Gasteiger partial charge in [-0.2, -0.15) is 23.1 Å². The number of hydrogen-bond donors (Lipinski definition) is 3. The molecule has 168 valence electrons. The number of carbonyl (C=O) groups is 1. The molecule has 4 aromatic rings. The Bertz CT molecular complexity index is 1310. The van der Waals surface area contributed by atoms with Gasteiger partial charge in [-0.25, -0.2) is 14.2 Å². The van der Waals surface area contributed by atoms with Gasteiger partial charge in [0.15, 0.2) is 5.65 Å². The predicted molar refractivity (Wildman–Crippen MR) is 113 cm³/mol. The van der Waals surface area contributed by atoms with Crippen LogP contribution in [-0.2, 0) is 12.7 Å². The summed E-state index contributed by atoms with van der Waals surface area (Å²) in [4.78, 5) is 28.2. The number of fused-ring (bicyclic) bond motifs is 1. The van der Waals surface area contributed by atoms with Crippen molar-refractivity contribution in [2.45, 2.75) is 12.7 Å². The number of anilines is 3. The zero-order valence-corrected chi connectivity index (χ0v) is 16.7. The molecule has 0 saturated carbocycles. The second-order valence-corrected chi connectivity index (χ2v) is 6.72. The minimum atomic E-state index is -4.62. The zero-order valence-electron chi connectivity index (χ0n) is 16.7. The summed E-state index contributed by atoms with van der Waals surface area (Å²) in [6, 6.07) is 10.5.